The molecule has 0 unspecified atom stereocenters. The number of benzene rings is 2. The molecule has 0 bridgehead atoms. The topological polar surface area (TPSA) is 21.3 Å². The van der Waals surface area contributed by atoms with Crippen LogP contribution in [0.3, 0.4) is 0 Å². The number of hydrogen-bond acceptors (Lipinski definition) is 2. The van der Waals surface area contributed by atoms with Crippen LogP contribution >= 0.6 is 11.6 Å². The summed E-state index contributed by atoms with van der Waals surface area (Å²) in [5.74, 6) is 0.896. The van der Waals surface area contributed by atoms with Gasteiger partial charge in [0.2, 0.25) is 0 Å². The summed E-state index contributed by atoms with van der Waals surface area (Å²) in [6, 6.07) is 16.0. The molecule has 0 aliphatic carbocycles. The van der Waals surface area contributed by atoms with Crippen molar-refractivity contribution in [3.8, 4) is 5.75 Å². The third-order valence-electron chi connectivity index (χ3n) is 2.81. The van der Waals surface area contributed by atoms with Crippen LogP contribution in [0.4, 0.5) is 0 Å². The fourth-order valence-corrected chi connectivity index (χ4v) is 2.11. The summed E-state index contributed by atoms with van der Waals surface area (Å²) in [6.07, 6.45) is 0. The van der Waals surface area contributed by atoms with E-state index >= 15 is 0 Å². The highest BCUT2D eigenvalue weighted by Crippen LogP contribution is 2.22. The molecule has 0 heterocycles. The summed E-state index contributed by atoms with van der Waals surface area (Å²) in [6.45, 7) is 4.22. The monoisotopic (exact) mass is 275 g/mol. The van der Waals surface area contributed by atoms with Crippen LogP contribution in [-0.4, -0.2) is 6.61 Å². The Hall–Kier alpha value is -1.51. The number of hydrogen-bond donors (Lipinski definition) is 1. The summed E-state index contributed by atoms with van der Waals surface area (Å²) >= 11 is 6.03. The Labute approximate surface area is 119 Å². The zero-order valence-corrected chi connectivity index (χ0v) is 11.8. The van der Waals surface area contributed by atoms with Gasteiger partial charge in [-0.05, 0) is 30.7 Å². The molecule has 0 radical (unpaired) electrons. The molecule has 0 fully saturated rings. The molecule has 3 heteroatoms. The van der Waals surface area contributed by atoms with E-state index in [0.29, 0.717) is 6.61 Å². The van der Waals surface area contributed by atoms with E-state index in [1.54, 1.807) is 0 Å². The van der Waals surface area contributed by atoms with Gasteiger partial charge in [0, 0.05) is 23.7 Å². The summed E-state index contributed by atoms with van der Waals surface area (Å²) in [4.78, 5) is 0. The van der Waals surface area contributed by atoms with Crippen LogP contribution in [0.1, 0.15) is 18.1 Å². The van der Waals surface area contributed by atoms with Gasteiger partial charge in [-0.3, -0.25) is 0 Å². The third kappa shape index (κ3) is 4.27. The van der Waals surface area contributed by atoms with Crippen molar-refractivity contribution < 1.29 is 4.74 Å². The van der Waals surface area contributed by atoms with Gasteiger partial charge in [0.25, 0.3) is 0 Å². The van der Waals surface area contributed by atoms with Gasteiger partial charge in [0.15, 0.2) is 0 Å². The number of ether oxygens (including phenoxy) is 1. The predicted octanol–water partition coefficient (Wildman–Crippen LogP) is 4.03. The minimum atomic E-state index is 0.660. The smallest absolute Gasteiger partial charge is 0.123 e. The number of rotatable bonds is 6. The van der Waals surface area contributed by atoms with Gasteiger partial charge in [0.05, 0.1) is 6.61 Å². The molecule has 2 aromatic rings. The molecule has 19 heavy (non-hydrogen) atoms. The van der Waals surface area contributed by atoms with Crippen LogP contribution in [-0.2, 0) is 13.1 Å². The molecule has 100 valence electrons. The predicted molar refractivity (Wildman–Crippen MR) is 79.6 cm³/mol. The minimum Gasteiger partial charge on any atom is -0.494 e. The third-order valence-corrected chi connectivity index (χ3v) is 3.04. The van der Waals surface area contributed by atoms with Crippen LogP contribution < -0.4 is 10.1 Å². The molecule has 0 aromatic heterocycles. The van der Waals surface area contributed by atoms with Crippen molar-refractivity contribution in [2.45, 2.75) is 20.0 Å². The summed E-state index contributed by atoms with van der Waals surface area (Å²) in [5.41, 5.74) is 2.35. The Morgan fingerprint density at radius 2 is 1.84 bits per heavy atom. The van der Waals surface area contributed by atoms with Crippen molar-refractivity contribution in [1.82, 2.24) is 5.32 Å². The van der Waals surface area contributed by atoms with Gasteiger partial charge < -0.3 is 10.1 Å². The lowest BCUT2D eigenvalue weighted by Crippen LogP contribution is -2.13. The van der Waals surface area contributed by atoms with Crippen LogP contribution in [0.25, 0.3) is 0 Å². The van der Waals surface area contributed by atoms with Crippen molar-refractivity contribution in [3.05, 3.63) is 64.7 Å². The number of halogens is 1. The molecule has 0 saturated heterocycles. The van der Waals surface area contributed by atoms with Crippen LogP contribution in [0.15, 0.2) is 48.5 Å². The van der Waals surface area contributed by atoms with Crippen molar-refractivity contribution in [2.75, 3.05) is 6.61 Å². The molecule has 1 N–H and O–H groups in total. The molecule has 0 aliphatic rings. The van der Waals surface area contributed by atoms with Crippen LogP contribution in [0, 0.1) is 0 Å². The lowest BCUT2D eigenvalue weighted by Gasteiger charge is -2.11. The molecule has 0 atom stereocenters. The second-order valence-corrected chi connectivity index (χ2v) is 4.71. The molecule has 0 aliphatic heterocycles. The van der Waals surface area contributed by atoms with Crippen molar-refractivity contribution in [1.29, 1.82) is 0 Å². The highest BCUT2D eigenvalue weighted by molar-refractivity contribution is 6.30. The fraction of sp³-hybridized carbons (Fsp3) is 0.250. The molecule has 2 nitrogen and oxygen atoms in total. The Morgan fingerprint density at radius 3 is 2.58 bits per heavy atom. The molecule has 2 aromatic carbocycles. The van der Waals surface area contributed by atoms with E-state index in [4.69, 9.17) is 16.3 Å². The van der Waals surface area contributed by atoms with Crippen molar-refractivity contribution in [3.63, 3.8) is 0 Å². The largest absolute Gasteiger partial charge is 0.494 e. The summed E-state index contributed by atoms with van der Waals surface area (Å²) in [5, 5.41) is 4.14. The maximum absolute atomic E-state index is 6.03. The average molecular weight is 276 g/mol. The van der Waals surface area contributed by atoms with Crippen LogP contribution in [0.2, 0.25) is 5.02 Å². The van der Waals surface area contributed by atoms with E-state index in [1.165, 1.54) is 5.56 Å². The minimum absolute atomic E-state index is 0.660. The second-order valence-electron chi connectivity index (χ2n) is 4.27. The summed E-state index contributed by atoms with van der Waals surface area (Å²) in [7, 11) is 0. The van der Waals surface area contributed by atoms with E-state index < -0.39 is 0 Å². The molecular weight excluding hydrogens is 258 g/mol. The summed E-state index contributed by atoms with van der Waals surface area (Å²) < 4.78 is 5.60. The van der Waals surface area contributed by atoms with Gasteiger partial charge >= 0.3 is 0 Å². The van der Waals surface area contributed by atoms with E-state index in [-0.39, 0.29) is 0 Å². The van der Waals surface area contributed by atoms with Crippen molar-refractivity contribution in [2.24, 2.45) is 0 Å². The first kappa shape index (κ1) is 13.9. The highest BCUT2D eigenvalue weighted by Gasteiger charge is 2.04. The SMILES string of the molecule is CCOc1ccc(Cl)cc1CNCc1ccccc1. The molecule has 0 spiro atoms. The first-order valence-electron chi connectivity index (χ1n) is 6.45. The standard InChI is InChI=1S/C16H18ClNO/c1-2-19-16-9-8-15(17)10-14(16)12-18-11-13-6-4-3-5-7-13/h3-10,18H,2,11-12H2,1H3. The maximum Gasteiger partial charge on any atom is 0.123 e. The average Bonchev–Trinajstić information content (AvgIpc) is 2.43. The van der Waals surface area contributed by atoms with Gasteiger partial charge in [-0.15, -0.1) is 0 Å². The van der Waals surface area contributed by atoms with Gasteiger partial charge in [-0.1, -0.05) is 41.9 Å². The first-order chi connectivity index (χ1) is 9.29. The first-order valence-corrected chi connectivity index (χ1v) is 6.83. The Bertz CT molecular complexity index is 513. The molecular formula is C16H18ClNO. The number of nitrogens with one attached hydrogen (secondary N) is 1. The maximum atomic E-state index is 6.03. The van der Waals surface area contributed by atoms with E-state index in [1.807, 2.05) is 43.3 Å². The normalized spacial score (nSPS) is 10.4. The van der Waals surface area contributed by atoms with Crippen LogP contribution in [0.5, 0.6) is 5.75 Å². The zero-order chi connectivity index (χ0) is 13.5. The fourth-order valence-electron chi connectivity index (χ4n) is 1.92. The lowest BCUT2D eigenvalue weighted by molar-refractivity contribution is 0.335. The molecule has 2 rings (SSSR count). The van der Waals surface area contributed by atoms with E-state index in [9.17, 15) is 0 Å². The van der Waals surface area contributed by atoms with E-state index in [2.05, 4.69) is 17.4 Å². The van der Waals surface area contributed by atoms with Gasteiger partial charge in [-0.2, -0.15) is 0 Å². The molecule has 0 saturated carbocycles. The quantitative estimate of drug-likeness (QED) is 0.859. The van der Waals surface area contributed by atoms with Crippen molar-refractivity contribution >= 4 is 11.6 Å². The van der Waals surface area contributed by atoms with Gasteiger partial charge in [-0.25, -0.2) is 0 Å². The lowest BCUT2D eigenvalue weighted by atomic mass is 10.2. The van der Waals surface area contributed by atoms with Gasteiger partial charge in [0.1, 0.15) is 5.75 Å². The Kier molecular flexibility index (Phi) is 5.25. The second kappa shape index (κ2) is 7.17. The zero-order valence-electron chi connectivity index (χ0n) is 11.0. The van der Waals surface area contributed by atoms with E-state index in [0.717, 1.165) is 29.4 Å². The Morgan fingerprint density at radius 1 is 1.05 bits per heavy atom. The highest BCUT2D eigenvalue weighted by atomic mass is 35.5. The Balaban J connectivity index is 1.96. The molecule has 0 amide bonds.